The van der Waals surface area contributed by atoms with Gasteiger partial charge in [-0.05, 0) is 31.5 Å². The second-order valence-corrected chi connectivity index (χ2v) is 4.09. The Kier molecular flexibility index (Phi) is 3.32. The Balaban J connectivity index is 1.92. The average molecular weight is 212 g/mol. The molecule has 1 aromatic rings. The highest BCUT2D eigenvalue weighted by molar-refractivity contribution is 6.29. The fourth-order valence-electron chi connectivity index (χ4n) is 1.80. The molecule has 1 aliphatic rings. The summed E-state index contributed by atoms with van der Waals surface area (Å²) in [6.07, 6.45) is 4.82. The third kappa shape index (κ3) is 2.66. The van der Waals surface area contributed by atoms with Crippen molar-refractivity contribution >= 4 is 11.6 Å². The Hall–Kier alpha value is -0.670. The fraction of sp³-hybridized carbons (Fsp3) is 0.600. The van der Waals surface area contributed by atoms with Crippen LogP contribution in [0.1, 0.15) is 25.0 Å². The summed E-state index contributed by atoms with van der Waals surface area (Å²) in [5, 5.41) is 11.8. The van der Waals surface area contributed by atoms with Gasteiger partial charge in [0.05, 0.1) is 5.69 Å². The highest BCUT2D eigenvalue weighted by Gasteiger charge is 2.13. The molecular weight excluding hydrogens is 198 g/mol. The molecule has 0 bridgehead atoms. The van der Waals surface area contributed by atoms with E-state index >= 15 is 0 Å². The number of piperidine rings is 1. The molecule has 0 radical (unpaired) electrons. The molecule has 1 fully saturated rings. The molecule has 1 atom stereocenters. The Morgan fingerprint density at radius 2 is 2.29 bits per heavy atom. The van der Waals surface area contributed by atoms with Gasteiger partial charge < -0.3 is 5.32 Å². The summed E-state index contributed by atoms with van der Waals surface area (Å²) < 4.78 is 0. The summed E-state index contributed by atoms with van der Waals surface area (Å²) in [6, 6.07) is 4.32. The van der Waals surface area contributed by atoms with E-state index in [-0.39, 0.29) is 0 Å². The number of nitrogens with one attached hydrogen (secondary N) is 1. The Morgan fingerprint density at radius 3 is 2.93 bits per heavy atom. The molecule has 1 N–H and O–H groups in total. The maximum atomic E-state index is 5.67. The molecule has 0 aliphatic carbocycles. The Bertz CT molecular complexity index is 280. The number of hydrogen-bond donors (Lipinski definition) is 1. The van der Waals surface area contributed by atoms with Crippen LogP contribution in [0.5, 0.6) is 0 Å². The molecule has 1 saturated heterocycles. The number of aromatic nitrogens is 2. The van der Waals surface area contributed by atoms with Crippen LogP contribution in [0.3, 0.4) is 0 Å². The van der Waals surface area contributed by atoms with Gasteiger partial charge in [0.25, 0.3) is 0 Å². The van der Waals surface area contributed by atoms with Crippen molar-refractivity contribution in [2.75, 3.05) is 6.54 Å². The number of hydrogen-bond acceptors (Lipinski definition) is 3. The molecule has 76 valence electrons. The van der Waals surface area contributed by atoms with Crippen molar-refractivity contribution in [1.82, 2.24) is 15.5 Å². The maximum Gasteiger partial charge on any atom is 0.151 e. The van der Waals surface area contributed by atoms with Gasteiger partial charge in [-0.2, -0.15) is 5.10 Å². The lowest BCUT2D eigenvalue weighted by Crippen LogP contribution is -2.35. The van der Waals surface area contributed by atoms with Crippen LogP contribution in [0.4, 0.5) is 0 Å². The molecule has 3 nitrogen and oxygen atoms in total. The first-order valence-corrected chi connectivity index (χ1v) is 5.44. The van der Waals surface area contributed by atoms with Crippen molar-refractivity contribution in [2.45, 2.75) is 31.7 Å². The Labute approximate surface area is 88.9 Å². The molecule has 0 saturated carbocycles. The van der Waals surface area contributed by atoms with E-state index in [9.17, 15) is 0 Å². The standard InChI is InChI=1S/C10H14ClN3/c11-10-5-4-9(13-14-10)7-8-3-1-2-6-12-8/h4-5,8,12H,1-3,6-7H2. The molecule has 1 unspecified atom stereocenters. The van der Waals surface area contributed by atoms with Gasteiger partial charge in [0.1, 0.15) is 0 Å². The van der Waals surface area contributed by atoms with Crippen LogP contribution in [0.15, 0.2) is 12.1 Å². The lowest BCUT2D eigenvalue weighted by molar-refractivity contribution is 0.396. The largest absolute Gasteiger partial charge is 0.314 e. The molecule has 14 heavy (non-hydrogen) atoms. The van der Waals surface area contributed by atoms with E-state index < -0.39 is 0 Å². The average Bonchev–Trinajstić information content (AvgIpc) is 2.23. The molecule has 1 aromatic heterocycles. The Morgan fingerprint density at radius 1 is 1.36 bits per heavy atom. The van der Waals surface area contributed by atoms with Crippen LogP contribution in [0.25, 0.3) is 0 Å². The predicted octanol–water partition coefficient (Wildman–Crippen LogP) is 1.81. The quantitative estimate of drug-likeness (QED) is 0.811. The summed E-state index contributed by atoms with van der Waals surface area (Å²) in [5.74, 6) is 0. The molecule has 2 heterocycles. The van der Waals surface area contributed by atoms with Gasteiger partial charge >= 0.3 is 0 Å². The minimum absolute atomic E-state index is 0.463. The second-order valence-electron chi connectivity index (χ2n) is 3.70. The van der Waals surface area contributed by atoms with Crippen LogP contribution in [-0.4, -0.2) is 22.8 Å². The number of rotatable bonds is 2. The van der Waals surface area contributed by atoms with Gasteiger partial charge in [-0.3, -0.25) is 0 Å². The molecule has 2 rings (SSSR count). The van der Waals surface area contributed by atoms with Gasteiger partial charge in [0, 0.05) is 12.5 Å². The normalized spacial score (nSPS) is 22.2. The SMILES string of the molecule is Clc1ccc(CC2CCCCN2)nn1. The van der Waals surface area contributed by atoms with Gasteiger partial charge in [0.2, 0.25) is 0 Å². The first-order chi connectivity index (χ1) is 6.84. The van der Waals surface area contributed by atoms with Crippen molar-refractivity contribution in [2.24, 2.45) is 0 Å². The summed E-state index contributed by atoms with van der Waals surface area (Å²) in [4.78, 5) is 0. The van der Waals surface area contributed by atoms with Gasteiger partial charge in [-0.1, -0.05) is 18.0 Å². The third-order valence-electron chi connectivity index (χ3n) is 2.56. The molecule has 0 aromatic carbocycles. The van der Waals surface area contributed by atoms with Crippen LogP contribution in [0.2, 0.25) is 5.15 Å². The van der Waals surface area contributed by atoms with E-state index in [1.807, 2.05) is 6.07 Å². The minimum atomic E-state index is 0.463. The zero-order chi connectivity index (χ0) is 9.80. The number of halogens is 1. The lowest BCUT2D eigenvalue weighted by Gasteiger charge is -2.22. The molecular formula is C10H14ClN3. The van der Waals surface area contributed by atoms with Crippen molar-refractivity contribution in [3.05, 3.63) is 23.0 Å². The van der Waals surface area contributed by atoms with Crippen LogP contribution < -0.4 is 5.32 Å². The minimum Gasteiger partial charge on any atom is -0.314 e. The van der Waals surface area contributed by atoms with Crippen molar-refractivity contribution < 1.29 is 0 Å². The highest BCUT2D eigenvalue weighted by Crippen LogP contribution is 2.11. The summed E-state index contributed by atoms with van der Waals surface area (Å²) in [5.41, 5.74) is 1.02. The van der Waals surface area contributed by atoms with Crippen LogP contribution in [0, 0.1) is 0 Å². The summed E-state index contributed by atoms with van der Waals surface area (Å²) >= 11 is 5.67. The van der Waals surface area contributed by atoms with Gasteiger partial charge in [-0.25, -0.2) is 0 Å². The topological polar surface area (TPSA) is 37.8 Å². The molecule has 1 aliphatic heterocycles. The molecule has 4 heteroatoms. The van der Waals surface area contributed by atoms with E-state index in [1.165, 1.54) is 19.3 Å². The highest BCUT2D eigenvalue weighted by atomic mass is 35.5. The molecule has 0 spiro atoms. The zero-order valence-corrected chi connectivity index (χ0v) is 8.80. The van der Waals surface area contributed by atoms with E-state index in [4.69, 9.17) is 11.6 Å². The molecule has 0 amide bonds. The van der Waals surface area contributed by atoms with E-state index in [0.717, 1.165) is 18.7 Å². The van der Waals surface area contributed by atoms with E-state index in [1.54, 1.807) is 6.07 Å². The third-order valence-corrected chi connectivity index (χ3v) is 2.76. The summed E-state index contributed by atoms with van der Waals surface area (Å²) in [6.45, 7) is 1.13. The first-order valence-electron chi connectivity index (χ1n) is 5.06. The van der Waals surface area contributed by atoms with Crippen LogP contribution in [-0.2, 0) is 6.42 Å². The van der Waals surface area contributed by atoms with E-state index in [2.05, 4.69) is 15.5 Å². The monoisotopic (exact) mass is 211 g/mol. The van der Waals surface area contributed by atoms with E-state index in [0.29, 0.717) is 11.2 Å². The fourth-order valence-corrected chi connectivity index (χ4v) is 1.90. The predicted molar refractivity (Wildman–Crippen MR) is 56.4 cm³/mol. The van der Waals surface area contributed by atoms with Gasteiger partial charge in [-0.15, -0.1) is 5.10 Å². The van der Waals surface area contributed by atoms with Crippen molar-refractivity contribution in [1.29, 1.82) is 0 Å². The maximum absolute atomic E-state index is 5.67. The van der Waals surface area contributed by atoms with Crippen molar-refractivity contribution in [3.63, 3.8) is 0 Å². The van der Waals surface area contributed by atoms with Gasteiger partial charge in [0.15, 0.2) is 5.15 Å². The van der Waals surface area contributed by atoms with Crippen molar-refractivity contribution in [3.8, 4) is 0 Å². The zero-order valence-electron chi connectivity index (χ0n) is 8.04. The number of nitrogens with zero attached hydrogens (tertiary/aromatic N) is 2. The first kappa shape index (κ1) is 9.87. The van der Waals surface area contributed by atoms with Crippen LogP contribution >= 0.6 is 11.6 Å². The smallest absolute Gasteiger partial charge is 0.151 e. The second kappa shape index (κ2) is 4.71. The summed E-state index contributed by atoms with van der Waals surface area (Å²) in [7, 11) is 0. The lowest BCUT2D eigenvalue weighted by atomic mass is 10.0.